The van der Waals surface area contributed by atoms with Crippen molar-refractivity contribution < 1.29 is 4.79 Å². The first kappa shape index (κ1) is 9.97. The van der Waals surface area contributed by atoms with Crippen LogP contribution in [0.4, 0.5) is 0 Å². The highest BCUT2D eigenvalue weighted by Gasteiger charge is 2.35. The molecule has 0 aliphatic carbocycles. The standard InChI is InChI=1S/C13H15NO/c1-2-11-12(14-13(11)15)9-8-10-6-4-3-5-7-10/h3-9,11-12H,2H2,1H3,(H,14,15)/t11-,12+/m1/s1. The SMILES string of the molecule is CC[C@H]1C(=O)N[C@H]1C=Cc1ccccc1. The molecule has 0 radical (unpaired) electrons. The molecule has 0 saturated carbocycles. The van der Waals surface area contributed by atoms with Gasteiger partial charge < -0.3 is 5.32 Å². The number of carbonyl (C=O) groups is 1. The summed E-state index contributed by atoms with van der Waals surface area (Å²) in [5, 5.41) is 2.89. The Morgan fingerprint density at radius 1 is 1.33 bits per heavy atom. The fraction of sp³-hybridized carbons (Fsp3) is 0.308. The van der Waals surface area contributed by atoms with Crippen molar-refractivity contribution in [2.75, 3.05) is 0 Å². The fourth-order valence-electron chi connectivity index (χ4n) is 1.84. The molecule has 0 spiro atoms. The van der Waals surface area contributed by atoms with Crippen LogP contribution in [0.5, 0.6) is 0 Å². The minimum Gasteiger partial charge on any atom is -0.349 e. The molecule has 1 aliphatic heterocycles. The molecule has 1 heterocycles. The van der Waals surface area contributed by atoms with E-state index in [1.165, 1.54) is 5.56 Å². The van der Waals surface area contributed by atoms with Gasteiger partial charge in [0.25, 0.3) is 0 Å². The number of benzene rings is 1. The number of hydrogen-bond donors (Lipinski definition) is 1. The lowest BCUT2D eigenvalue weighted by Crippen LogP contribution is -2.56. The number of β-lactam (4-membered cyclic amide) rings is 1. The van der Waals surface area contributed by atoms with Crippen molar-refractivity contribution in [1.29, 1.82) is 0 Å². The molecule has 15 heavy (non-hydrogen) atoms. The summed E-state index contributed by atoms with van der Waals surface area (Å²) < 4.78 is 0. The third kappa shape index (κ3) is 2.09. The monoisotopic (exact) mass is 201 g/mol. The second kappa shape index (κ2) is 4.30. The van der Waals surface area contributed by atoms with E-state index in [-0.39, 0.29) is 17.9 Å². The van der Waals surface area contributed by atoms with Crippen molar-refractivity contribution in [3.63, 3.8) is 0 Å². The minimum atomic E-state index is 0.171. The van der Waals surface area contributed by atoms with Crippen molar-refractivity contribution in [2.24, 2.45) is 5.92 Å². The molecule has 2 heteroatoms. The fourth-order valence-corrected chi connectivity index (χ4v) is 1.84. The first-order valence-corrected chi connectivity index (χ1v) is 5.35. The summed E-state index contributed by atoms with van der Waals surface area (Å²) in [6.07, 6.45) is 5.05. The molecule has 1 aromatic rings. The lowest BCUT2D eigenvalue weighted by Gasteiger charge is -2.34. The number of amides is 1. The molecule has 1 aromatic carbocycles. The van der Waals surface area contributed by atoms with Crippen molar-refractivity contribution in [3.8, 4) is 0 Å². The van der Waals surface area contributed by atoms with Crippen LogP contribution in [0.25, 0.3) is 6.08 Å². The Hall–Kier alpha value is -1.57. The van der Waals surface area contributed by atoms with Crippen LogP contribution in [-0.4, -0.2) is 11.9 Å². The predicted octanol–water partition coefficient (Wildman–Crippen LogP) is 2.22. The number of hydrogen-bond acceptors (Lipinski definition) is 1. The summed E-state index contributed by atoms with van der Waals surface area (Å²) >= 11 is 0. The molecule has 0 unspecified atom stereocenters. The summed E-state index contributed by atoms with van der Waals surface area (Å²) in [7, 11) is 0. The van der Waals surface area contributed by atoms with E-state index >= 15 is 0 Å². The van der Waals surface area contributed by atoms with Gasteiger partial charge in [0.15, 0.2) is 0 Å². The van der Waals surface area contributed by atoms with Crippen LogP contribution < -0.4 is 5.32 Å². The normalized spacial score (nSPS) is 25.0. The Labute approximate surface area is 90.0 Å². The van der Waals surface area contributed by atoms with Crippen LogP contribution in [0.1, 0.15) is 18.9 Å². The van der Waals surface area contributed by atoms with E-state index in [2.05, 4.69) is 29.6 Å². The van der Waals surface area contributed by atoms with Crippen LogP contribution in [-0.2, 0) is 4.79 Å². The van der Waals surface area contributed by atoms with E-state index in [4.69, 9.17) is 0 Å². The van der Waals surface area contributed by atoms with E-state index in [9.17, 15) is 4.79 Å². The van der Waals surface area contributed by atoms with Gasteiger partial charge in [0.2, 0.25) is 5.91 Å². The van der Waals surface area contributed by atoms with Crippen LogP contribution >= 0.6 is 0 Å². The zero-order valence-electron chi connectivity index (χ0n) is 8.81. The van der Waals surface area contributed by atoms with E-state index < -0.39 is 0 Å². The van der Waals surface area contributed by atoms with Crippen LogP contribution in [0.3, 0.4) is 0 Å². The van der Waals surface area contributed by atoms with Gasteiger partial charge in [-0.1, -0.05) is 49.4 Å². The van der Waals surface area contributed by atoms with Gasteiger partial charge in [0.05, 0.1) is 12.0 Å². The highest BCUT2D eigenvalue weighted by Crippen LogP contribution is 2.20. The number of carbonyl (C=O) groups excluding carboxylic acids is 1. The lowest BCUT2D eigenvalue weighted by molar-refractivity contribution is -0.133. The average Bonchev–Trinajstić information content (AvgIpc) is 2.26. The molecule has 2 rings (SSSR count). The topological polar surface area (TPSA) is 29.1 Å². The van der Waals surface area contributed by atoms with Gasteiger partial charge in [-0.2, -0.15) is 0 Å². The van der Waals surface area contributed by atoms with Crippen molar-refractivity contribution in [2.45, 2.75) is 19.4 Å². The van der Waals surface area contributed by atoms with Crippen LogP contribution in [0.15, 0.2) is 36.4 Å². The molecule has 1 aliphatic rings. The highest BCUT2D eigenvalue weighted by atomic mass is 16.2. The molecule has 1 N–H and O–H groups in total. The summed E-state index contributed by atoms with van der Waals surface area (Å²) in [5.41, 5.74) is 1.17. The van der Waals surface area contributed by atoms with Crippen molar-refractivity contribution >= 4 is 12.0 Å². The Morgan fingerprint density at radius 2 is 2.07 bits per heavy atom. The zero-order chi connectivity index (χ0) is 10.7. The van der Waals surface area contributed by atoms with Crippen molar-refractivity contribution in [3.05, 3.63) is 42.0 Å². The molecule has 1 fully saturated rings. The Bertz CT molecular complexity index is 369. The van der Waals surface area contributed by atoms with Crippen molar-refractivity contribution in [1.82, 2.24) is 5.32 Å². The molecular formula is C13H15NO. The van der Waals surface area contributed by atoms with E-state index in [1.807, 2.05) is 25.1 Å². The maximum atomic E-state index is 11.1. The van der Waals surface area contributed by atoms with Crippen LogP contribution in [0.2, 0.25) is 0 Å². The van der Waals surface area contributed by atoms with Gasteiger partial charge in [-0.15, -0.1) is 0 Å². The number of nitrogens with one attached hydrogen (secondary N) is 1. The number of rotatable bonds is 3. The van der Waals surface area contributed by atoms with Gasteiger partial charge in [0.1, 0.15) is 0 Å². The smallest absolute Gasteiger partial charge is 0.225 e. The first-order valence-electron chi connectivity index (χ1n) is 5.35. The van der Waals surface area contributed by atoms with Crippen LogP contribution in [0, 0.1) is 5.92 Å². The summed E-state index contributed by atoms with van der Waals surface area (Å²) in [4.78, 5) is 11.1. The minimum absolute atomic E-state index is 0.171. The van der Waals surface area contributed by atoms with Gasteiger partial charge in [-0.25, -0.2) is 0 Å². The molecule has 0 bridgehead atoms. The Morgan fingerprint density at radius 3 is 2.67 bits per heavy atom. The highest BCUT2D eigenvalue weighted by molar-refractivity contribution is 5.86. The zero-order valence-corrected chi connectivity index (χ0v) is 8.81. The van der Waals surface area contributed by atoms with E-state index in [0.717, 1.165) is 6.42 Å². The molecule has 2 atom stereocenters. The molecular weight excluding hydrogens is 186 g/mol. The van der Waals surface area contributed by atoms with Gasteiger partial charge in [0, 0.05) is 0 Å². The molecule has 2 nitrogen and oxygen atoms in total. The predicted molar refractivity (Wildman–Crippen MR) is 61.2 cm³/mol. The maximum absolute atomic E-state index is 11.1. The van der Waals surface area contributed by atoms with Gasteiger partial charge in [-0.3, -0.25) is 4.79 Å². The second-order valence-electron chi connectivity index (χ2n) is 3.82. The van der Waals surface area contributed by atoms with E-state index in [1.54, 1.807) is 0 Å². The summed E-state index contributed by atoms with van der Waals surface area (Å²) in [5.74, 6) is 0.352. The van der Waals surface area contributed by atoms with E-state index in [0.29, 0.717) is 0 Å². The molecule has 1 saturated heterocycles. The third-order valence-corrected chi connectivity index (χ3v) is 2.81. The maximum Gasteiger partial charge on any atom is 0.225 e. The lowest BCUT2D eigenvalue weighted by atomic mass is 9.87. The molecule has 0 aromatic heterocycles. The summed E-state index contributed by atoms with van der Waals surface area (Å²) in [6, 6.07) is 10.3. The Balaban J connectivity index is 1.98. The van der Waals surface area contributed by atoms with Gasteiger partial charge in [-0.05, 0) is 12.0 Å². The largest absolute Gasteiger partial charge is 0.349 e. The summed E-state index contributed by atoms with van der Waals surface area (Å²) in [6.45, 7) is 2.05. The Kier molecular flexibility index (Phi) is 2.86. The average molecular weight is 201 g/mol. The van der Waals surface area contributed by atoms with Gasteiger partial charge >= 0.3 is 0 Å². The molecule has 1 amide bonds. The quantitative estimate of drug-likeness (QED) is 0.746. The third-order valence-electron chi connectivity index (χ3n) is 2.81. The first-order chi connectivity index (χ1) is 7.31. The molecule has 78 valence electrons. The second-order valence-corrected chi connectivity index (χ2v) is 3.82.